The van der Waals surface area contributed by atoms with E-state index in [1.54, 1.807) is 12.1 Å². The number of non-ortho nitro benzene ring substituents is 1. The summed E-state index contributed by atoms with van der Waals surface area (Å²) >= 11 is 3.30. The Balaban J connectivity index is 2.09. The molecule has 7 nitrogen and oxygen atoms in total. The molecule has 0 aliphatic heterocycles. The van der Waals surface area contributed by atoms with E-state index in [9.17, 15) is 14.9 Å². The first-order valence-electron chi connectivity index (χ1n) is 5.85. The first-order valence-corrected chi connectivity index (χ1v) is 6.64. The van der Waals surface area contributed by atoms with Crippen molar-refractivity contribution in [3.8, 4) is 0 Å². The van der Waals surface area contributed by atoms with Crippen LogP contribution in [0.5, 0.6) is 0 Å². The summed E-state index contributed by atoms with van der Waals surface area (Å²) in [5, 5.41) is 13.7. The van der Waals surface area contributed by atoms with Crippen molar-refractivity contribution in [1.82, 2.24) is 0 Å². The zero-order valence-electron chi connectivity index (χ0n) is 11.0. The molecule has 0 saturated carbocycles. The highest BCUT2D eigenvalue weighted by Gasteiger charge is 2.12. The molecule has 1 aromatic carbocycles. The number of nitro benzene ring substituents is 1. The maximum Gasteiger partial charge on any atom is 0.341 e. The van der Waals surface area contributed by atoms with Crippen LogP contribution < -0.4 is 5.32 Å². The van der Waals surface area contributed by atoms with E-state index in [2.05, 4.69) is 26.0 Å². The normalized spacial score (nSPS) is 10.2. The van der Waals surface area contributed by atoms with Gasteiger partial charge in [0.1, 0.15) is 12.0 Å². The van der Waals surface area contributed by atoms with Crippen molar-refractivity contribution in [2.45, 2.75) is 6.54 Å². The quantitative estimate of drug-likeness (QED) is 0.502. The number of halogens is 1. The zero-order valence-corrected chi connectivity index (χ0v) is 12.5. The predicted molar refractivity (Wildman–Crippen MR) is 78.2 cm³/mol. The molecule has 0 spiro atoms. The molecular weight excluding hydrogens is 344 g/mol. The lowest BCUT2D eigenvalue weighted by molar-refractivity contribution is -0.384. The molecule has 110 valence electrons. The number of esters is 1. The number of benzene rings is 1. The Bertz CT molecular complexity index is 683. The van der Waals surface area contributed by atoms with Crippen molar-refractivity contribution in [2.75, 3.05) is 12.4 Å². The molecule has 8 heteroatoms. The molecule has 0 fully saturated rings. The number of carbonyl (C=O) groups excluding carboxylic acids is 1. The predicted octanol–water partition coefficient (Wildman–Crippen LogP) is 3.35. The molecule has 0 amide bonds. The van der Waals surface area contributed by atoms with E-state index in [0.717, 1.165) is 0 Å². The van der Waals surface area contributed by atoms with Gasteiger partial charge in [-0.2, -0.15) is 0 Å². The number of rotatable bonds is 5. The molecule has 1 N–H and O–H groups in total. The van der Waals surface area contributed by atoms with Crippen molar-refractivity contribution in [2.24, 2.45) is 0 Å². The summed E-state index contributed by atoms with van der Waals surface area (Å²) in [6.45, 7) is 0.275. The highest BCUT2D eigenvalue weighted by molar-refractivity contribution is 9.10. The van der Waals surface area contributed by atoms with Gasteiger partial charge in [-0.15, -0.1) is 0 Å². The van der Waals surface area contributed by atoms with Crippen LogP contribution in [0.2, 0.25) is 0 Å². The van der Waals surface area contributed by atoms with E-state index in [1.165, 1.54) is 25.5 Å². The van der Waals surface area contributed by atoms with Gasteiger partial charge < -0.3 is 14.5 Å². The summed E-state index contributed by atoms with van der Waals surface area (Å²) in [7, 11) is 1.29. The summed E-state index contributed by atoms with van der Waals surface area (Å²) in [6.07, 6.45) is 1.30. The third-order valence-corrected chi connectivity index (χ3v) is 3.38. The van der Waals surface area contributed by atoms with Gasteiger partial charge in [0.05, 0.1) is 29.8 Å². The number of nitro groups is 1. The number of anilines is 1. The third kappa shape index (κ3) is 3.60. The Morgan fingerprint density at radius 1 is 1.48 bits per heavy atom. The second-order valence-corrected chi connectivity index (χ2v) is 4.92. The van der Waals surface area contributed by atoms with E-state index in [-0.39, 0.29) is 12.2 Å². The topological polar surface area (TPSA) is 94.6 Å². The first-order chi connectivity index (χ1) is 10.0. The maximum absolute atomic E-state index is 11.3. The molecule has 0 unspecified atom stereocenters. The molecule has 0 atom stereocenters. The molecule has 0 bridgehead atoms. The van der Waals surface area contributed by atoms with Crippen LogP contribution in [0, 0.1) is 10.1 Å². The van der Waals surface area contributed by atoms with Crippen molar-refractivity contribution in [3.63, 3.8) is 0 Å². The summed E-state index contributed by atoms with van der Waals surface area (Å²) < 4.78 is 10.5. The molecule has 2 aromatic rings. The van der Waals surface area contributed by atoms with Crippen LogP contribution in [0.25, 0.3) is 0 Å². The summed E-state index contributed by atoms with van der Waals surface area (Å²) in [5.74, 6) is 0.0235. The van der Waals surface area contributed by atoms with Gasteiger partial charge in [0.15, 0.2) is 0 Å². The Morgan fingerprint density at radius 3 is 2.90 bits per heavy atom. The first kappa shape index (κ1) is 15.0. The molecular formula is C13H11BrN2O5. The number of hydrogen-bond donors (Lipinski definition) is 1. The zero-order chi connectivity index (χ0) is 15.4. The van der Waals surface area contributed by atoms with Crippen LogP contribution in [-0.4, -0.2) is 18.0 Å². The van der Waals surface area contributed by atoms with E-state index in [4.69, 9.17) is 4.42 Å². The SMILES string of the molecule is COC(=O)c1coc(CNc2cc([N+](=O)[O-])ccc2Br)c1. The lowest BCUT2D eigenvalue weighted by Gasteiger charge is -2.06. The van der Waals surface area contributed by atoms with Crippen molar-refractivity contribution in [3.05, 3.63) is 56.4 Å². The van der Waals surface area contributed by atoms with Gasteiger partial charge in [0, 0.05) is 16.6 Å². The Morgan fingerprint density at radius 2 is 2.24 bits per heavy atom. The van der Waals surface area contributed by atoms with Crippen LogP contribution in [0.1, 0.15) is 16.1 Å². The average molecular weight is 355 g/mol. The maximum atomic E-state index is 11.3. The molecule has 1 aromatic heterocycles. The molecule has 21 heavy (non-hydrogen) atoms. The van der Waals surface area contributed by atoms with Crippen molar-refractivity contribution < 1.29 is 18.9 Å². The van der Waals surface area contributed by atoms with Gasteiger partial charge in [-0.1, -0.05) is 0 Å². The highest BCUT2D eigenvalue weighted by atomic mass is 79.9. The molecule has 0 aliphatic rings. The number of furan rings is 1. The lowest BCUT2D eigenvalue weighted by Crippen LogP contribution is -2.01. The smallest absolute Gasteiger partial charge is 0.341 e. The second-order valence-electron chi connectivity index (χ2n) is 4.07. The summed E-state index contributed by atoms with van der Waals surface area (Å²) in [6, 6.07) is 5.94. The minimum absolute atomic E-state index is 0.0182. The lowest BCUT2D eigenvalue weighted by atomic mass is 10.2. The number of nitrogens with zero attached hydrogens (tertiary/aromatic N) is 1. The van der Waals surface area contributed by atoms with E-state index < -0.39 is 10.9 Å². The van der Waals surface area contributed by atoms with Crippen LogP contribution >= 0.6 is 15.9 Å². The molecule has 2 rings (SSSR count). The summed E-state index contributed by atoms with van der Waals surface area (Å²) in [5.41, 5.74) is 0.850. The van der Waals surface area contributed by atoms with Crippen LogP contribution in [0.15, 0.2) is 39.4 Å². The largest absolute Gasteiger partial charge is 0.467 e. The Labute approximate surface area is 128 Å². The van der Waals surface area contributed by atoms with Crippen molar-refractivity contribution in [1.29, 1.82) is 0 Å². The summed E-state index contributed by atoms with van der Waals surface area (Å²) in [4.78, 5) is 21.6. The fraction of sp³-hybridized carbons (Fsp3) is 0.154. The van der Waals surface area contributed by atoms with E-state index in [1.807, 2.05) is 0 Å². The molecule has 0 aliphatic carbocycles. The molecule has 1 heterocycles. The van der Waals surface area contributed by atoms with Gasteiger partial charge >= 0.3 is 5.97 Å². The minimum Gasteiger partial charge on any atom is -0.467 e. The monoisotopic (exact) mass is 354 g/mol. The van der Waals surface area contributed by atoms with Gasteiger partial charge in [-0.25, -0.2) is 4.79 Å². The number of methoxy groups -OCH3 is 1. The Kier molecular flexibility index (Phi) is 4.59. The number of ether oxygens (including phenoxy) is 1. The number of carbonyl (C=O) groups is 1. The molecule has 0 saturated heterocycles. The van der Waals surface area contributed by atoms with Crippen LogP contribution in [-0.2, 0) is 11.3 Å². The van der Waals surface area contributed by atoms with Gasteiger partial charge in [0.25, 0.3) is 5.69 Å². The second kappa shape index (κ2) is 6.40. The highest BCUT2D eigenvalue weighted by Crippen LogP contribution is 2.27. The van der Waals surface area contributed by atoms with Gasteiger partial charge in [-0.05, 0) is 28.1 Å². The Hall–Kier alpha value is -2.35. The average Bonchev–Trinajstić information content (AvgIpc) is 2.94. The van der Waals surface area contributed by atoms with Crippen molar-refractivity contribution >= 4 is 33.3 Å². The van der Waals surface area contributed by atoms with Gasteiger partial charge in [0.2, 0.25) is 0 Å². The van der Waals surface area contributed by atoms with Gasteiger partial charge in [-0.3, -0.25) is 10.1 Å². The van der Waals surface area contributed by atoms with E-state index >= 15 is 0 Å². The minimum atomic E-state index is -0.485. The van der Waals surface area contributed by atoms with Crippen LogP contribution in [0.3, 0.4) is 0 Å². The number of nitrogens with one attached hydrogen (secondary N) is 1. The van der Waals surface area contributed by atoms with E-state index in [0.29, 0.717) is 21.5 Å². The standard InChI is InChI=1S/C13H11BrN2O5/c1-20-13(17)8-4-10(21-7-8)6-15-12-5-9(16(18)19)2-3-11(12)14/h2-5,7,15H,6H2,1H3. The fourth-order valence-electron chi connectivity index (χ4n) is 1.64. The number of hydrogen-bond acceptors (Lipinski definition) is 6. The molecule has 0 radical (unpaired) electrons. The third-order valence-electron chi connectivity index (χ3n) is 2.69. The fourth-order valence-corrected chi connectivity index (χ4v) is 2.03. The van der Waals surface area contributed by atoms with Crippen LogP contribution in [0.4, 0.5) is 11.4 Å².